The van der Waals surface area contributed by atoms with Crippen molar-refractivity contribution in [2.45, 2.75) is 58.4 Å². The highest BCUT2D eigenvalue weighted by Gasteiger charge is 2.20. The first-order valence-corrected chi connectivity index (χ1v) is 7.70. The minimum absolute atomic E-state index is 0.701. The van der Waals surface area contributed by atoms with Crippen molar-refractivity contribution in [1.82, 2.24) is 10.2 Å². The zero-order valence-corrected chi connectivity index (χ0v) is 11.8. The molecular formula is C15H30N2. The van der Waals surface area contributed by atoms with Crippen LogP contribution in [0, 0.1) is 11.8 Å². The molecule has 0 aromatic rings. The van der Waals surface area contributed by atoms with Gasteiger partial charge in [0.2, 0.25) is 0 Å². The highest BCUT2D eigenvalue weighted by atomic mass is 15.1. The Bertz CT molecular complexity index is 211. The van der Waals surface area contributed by atoms with E-state index in [0.717, 1.165) is 11.8 Å². The summed E-state index contributed by atoms with van der Waals surface area (Å²) in [5, 5.41) is 3.63. The van der Waals surface area contributed by atoms with Crippen molar-refractivity contribution < 1.29 is 0 Å². The number of nitrogens with zero attached hydrogens (tertiary/aromatic N) is 1. The van der Waals surface area contributed by atoms with E-state index < -0.39 is 0 Å². The summed E-state index contributed by atoms with van der Waals surface area (Å²) in [4.78, 5) is 2.75. The molecule has 2 nitrogen and oxygen atoms in total. The summed E-state index contributed by atoms with van der Waals surface area (Å²) in [5.41, 5.74) is 0. The van der Waals surface area contributed by atoms with Crippen LogP contribution < -0.4 is 5.32 Å². The van der Waals surface area contributed by atoms with Crippen molar-refractivity contribution in [2.75, 3.05) is 26.2 Å². The van der Waals surface area contributed by atoms with Gasteiger partial charge in [-0.2, -0.15) is 0 Å². The summed E-state index contributed by atoms with van der Waals surface area (Å²) in [6, 6.07) is 0.701. The Balaban J connectivity index is 1.80. The highest BCUT2D eigenvalue weighted by molar-refractivity contribution is 4.77. The van der Waals surface area contributed by atoms with Crippen LogP contribution in [0.4, 0.5) is 0 Å². The van der Waals surface area contributed by atoms with E-state index in [1.54, 1.807) is 0 Å². The average Bonchev–Trinajstić information content (AvgIpc) is 2.33. The molecule has 2 heteroatoms. The van der Waals surface area contributed by atoms with Gasteiger partial charge < -0.3 is 10.2 Å². The molecule has 2 atom stereocenters. The Morgan fingerprint density at radius 2 is 1.82 bits per heavy atom. The van der Waals surface area contributed by atoms with E-state index in [-0.39, 0.29) is 0 Å². The van der Waals surface area contributed by atoms with Gasteiger partial charge in [0.05, 0.1) is 0 Å². The number of hydrogen-bond donors (Lipinski definition) is 1. The second kappa shape index (κ2) is 6.75. The molecule has 0 bridgehead atoms. The maximum Gasteiger partial charge on any atom is 0.00510 e. The SMILES string of the molecule is CC1CNC(C)CCN(CC2CCCCC2)C1. The van der Waals surface area contributed by atoms with Gasteiger partial charge in [0, 0.05) is 19.1 Å². The minimum atomic E-state index is 0.701. The second-order valence-electron chi connectivity index (χ2n) is 6.47. The number of rotatable bonds is 2. The average molecular weight is 238 g/mol. The van der Waals surface area contributed by atoms with Crippen LogP contribution in [0.25, 0.3) is 0 Å². The van der Waals surface area contributed by atoms with Gasteiger partial charge in [0.25, 0.3) is 0 Å². The van der Waals surface area contributed by atoms with Gasteiger partial charge in [-0.05, 0) is 51.1 Å². The first-order chi connectivity index (χ1) is 8.24. The van der Waals surface area contributed by atoms with Crippen molar-refractivity contribution in [3.05, 3.63) is 0 Å². The first kappa shape index (κ1) is 13.4. The van der Waals surface area contributed by atoms with Crippen LogP contribution in [0.3, 0.4) is 0 Å². The van der Waals surface area contributed by atoms with Crippen molar-refractivity contribution >= 4 is 0 Å². The monoisotopic (exact) mass is 238 g/mol. The molecule has 1 saturated carbocycles. The third-order valence-corrected chi connectivity index (χ3v) is 4.50. The van der Waals surface area contributed by atoms with Crippen LogP contribution in [0.2, 0.25) is 0 Å². The van der Waals surface area contributed by atoms with Gasteiger partial charge in [0.1, 0.15) is 0 Å². The van der Waals surface area contributed by atoms with E-state index in [0.29, 0.717) is 6.04 Å². The molecule has 2 fully saturated rings. The summed E-state index contributed by atoms with van der Waals surface area (Å²) in [6.07, 6.45) is 8.72. The smallest absolute Gasteiger partial charge is 0.00510 e. The van der Waals surface area contributed by atoms with E-state index in [2.05, 4.69) is 24.1 Å². The summed E-state index contributed by atoms with van der Waals surface area (Å²) < 4.78 is 0. The third-order valence-electron chi connectivity index (χ3n) is 4.50. The van der Waals surface area contributed by atoms with Crippen molar-refractivity contribution in [3.63, 3.8) is 0 Å². The summed E-state index contributed by atoms with van der Waals surface area (Å²) in [7, 11) is 0. The molecule has 2 rings (SSSR count). The number of hydrogen-bond acceptors (Lipinski definition) is 2. The Hall–Kier alpha value is -0.0800. The third kappa shape index (κ3) is 4.59. The Morgan fingerprint density at radius 1 is 1.06 bits per heavy atom. The molecule has 1 aliphatic heterocycles. The summed E-state index contributed by atoms with van der Waals surface area (Å²) in [5.74, 6) is 1.81. The van der Waals surface area contributed by atoms with Crippen molar-refractivity contribution in [2.24, 2.45) is 11.8 Å². The summed E-state index contributed by atoms with van der Waals surface area (Å²) >= 11 is 0. The lowest BCUT2D eigenvalue weighted by Gasteiger charge is -2.34. The van der Waals surface area contributed by atoms with Gasteiger partial charge in [-0.25, -0.2) is 0 Å². The molecular weight excluding hydrogens is 208 g/mol. The maximum atomic E-state index is 3.63. The predicted octanol–water partition coefficient (Wildman–Crippen LogP) is 2.89. The fourth-order valence-corrected chi connectivity index (χ4v) is 3.38. The molecule has 1 saturated heterocycles. The zero-order valence-electron chi connectivity index (χ0n) is 11.8. The van der Waals surface area contributed by atoms with Crippen molar-refractivity contribution in [1.29, 1.82) is 0 Å². The molecule has 0 amide bonds. The molecule has 0 aromatic heterocycles. The molecule has 0 spiro atoms. The lowest BCUT2D eigenvalue weighted by molar-refractivity contribution is 0.159. The van der Waals surface area contributed by atoms with Gasteiger partial charge in [-0.15, -0.1) is 0 Å². The van der Waals surface area contributed by atoms with Crippen LogP contribution in [-0.4, -0.2) is 37.1 Å². The predicted molar refractivity (Wildman–Crippen MR) is 74.3 cm³/mol. The fourth-order valence-electron chi connectivity index (χ4n) is 3.38. The van der Waals surface area contributed by atoms with Gasteiger partial charge in [-0.3, -0.25) is 0 Å². The lowest BCUT2D eigenvalue weighted by Crippen LogP contribution is -2.44. The molecule has 100 valence electrons. The van der Waals surface area contributed by atoms with Crippen LogP contribution in [0.1, 0.15) is 52.4 Å². The van der Waals surface area contributed by atoms with Crippen LogP contribution in [-0.2, 0) is 0 Å². The molecule has 0 aromatic carbocycles. The molecule has 2 aliphatic rings. The minimum Gasteiger partial charge on any atom is -0.314 e. The standard InChI is InChI=1S/C15H30N2/c1-13-10-16-14(2)8-9-17(11-13)12-15-6-4-3-5-7-15/h13-16H,3-12H2,1-2H3. The van der Waals surface area contributed by atoms with Gasteiger partial charge in [-0.1, -0.05) is 26.2 Å². The van der Waals surface area contributed by atoms with E-state index in [9.17, 15) is 0 Å². The second-order valence-corrected chi connectivity index (χ2v) is 6.47. The van der Waals surface area contributed by atoms with Crippen LogP contribution in [0.15, 0.2) is 0 Å². The zero-order chi connectivity index (χ0) is 12.1. The summed E-state index contributed by atoms with van der Waals surface area (Å²) in [6.45, 7) is 9.89. The molecule has 2 unspecified atom stereocenters. The first-order valence-electron chi connectivity index (χ1n) is 7.70. The van der Waals surface area contributed by atoms with Crippen LogP contribution >= 0.6 is 0 Å². The quantitative estimate of drug-likeness (QED) is 0.796. The van der Waals surface area contributed by atoms with Crippen LogP contribution in [0.5, 0.6) is 0 Å². The normalized spacial score (nSPS) is 34.2. The van der Waals surface area contributed by atoms with E-state index >= 15 is 0 Å². The Morgan fingerprint density at radius 3 is 2.59 bits per heavy atom. The Kier molecular flexibility index (Phi) is 5.30. The molecule has 1 N–H and O–H groups in total. The molecule has 1 aliphatic carbocycles. The molecule has 17 heavy (non-hydrogen) atoms. The molecule has 0 radical (unpaired) electrons. The maximum absolute atomic E-state index is 3.63. The van der Waals surface area contributed by atoms with E-state index in [1.165, 1.54) is 64.7 Å². The van der Waals surface area contributed by atoms with Gasteiger partial charge in [0.15, 0.2) is 0 Å². The molecule has 1 heterocycles. The lowest BCUT2D eigenvalue weighted by atomic mass is 9.88. The van der Waals surface area contributed by atoms with Gasteiger partial charge >= 0.3 is 0 Å². The van der Waals surface area contributed by atoms with E-state index in [4.69, 9.17) is 0 Å². The largest absolute Gasteiger partial charge is 0.314 e. The number of nitrogens with one attached hydrogen (secondary N) is 1. The van der Waals surface area contributed by atoms with E-state index in [1.807, 2.05) is 0 Å². The topological polar surface area (TPSA) is 15.3 Å². The fraction of sp³-hybridized carbons (Fsp3) is 1.00. The highest BCUT2D eigenvalue weighted by Crippen LogP contribution is 2.25. The Labute approximate surface area is 107 Å². The van der Waals surface area contributed by atoms with Crippen molar-refractivity contribution in [3.8, 4) is 0 Å².